The Morgan fingerprint density at radius 1 is 1.28 bits per heavy atom. The molecule has 1 rings (SSSR count). The number of aryl methyl sites for hydroxylation is 1. The van der Waals surface area contributed by atoms with E-state index in [0.29, 0.717) is 6.61 Å². The molecule has 1 aromatic rings. The first-order chi connectivity index (χ1) is 8.29. The SMILES string of the molecule is Cc1ccc(OC[C@@H](C)NC(=O)C(C)(C)C)cc1. The van der Waals surface area contributed by atoms with Gasteiger partial charge in [-0.05, 0) is 26.0 Å². The van der Waals surface area contributed by atoms with Crippen LogP contribution in [0.1, 0.15) is 33.3 Å². The number of carbonyl (C=O) groups excluding carboxylic acids is 1. The molecule has 0 aliphatic heterocycles. The van der Waals surface area contributed by atoms with E-state index in [4.69, 9.17) is 4.74 Å². The molecule has 1 N–H and O–H groups in total. The molecule has 0 saturated carbocycles. The molecule has 0 spiro atoms. The zero-order valence-electron chi connectivity index (χ0n) is 11.9. The van der Waals surface area contributed by atoms with Gasteiger partial charge >= 0.3 is 0 Å². The van der Waals surface area contributed by atoms with Crippen LogP contribution in [0.2, 0.25) is 0 Å². The maximum absolute atomic E-state index is 11.8. The van der Waals surface area contributed by atoms with Crippen molar-refractivity contribution in [2.24, 2.45) is 5.41 Å². The van der Waals surface area contributed by atoms with Crippen molar-refractivity contribution in [1.29, 1.82) is 0 Å². The Labute approximate surface area is 110 Å². The third kappa shape index (κ3) is 4.78. The van der Waals surface area contributed by atoms with Crippen molar-refractivity contribution in [3.8, 4) is 5.75 Å². The van der Waals surface area contributed by atoms with Crippen LogP contribution >= 0.6 is 0 Å². The molecule has 0 bridgehead atoms. The summed E-state index contributed by atoms with van der Waals surface area (Å²) in [4.78, 5) is 11.8. The lowest BCUT2D eigenvalue weighted by Crippen LogP contribution is -2.42. The maximum Gasteiger partial charge on any atom is 0.225 e. The van der Waals surface area contributed by atoms with Crippen LogP contribution in [-0.2, 0) is 4.79 Å². The highest BCUT2D eigenvalue weighted by molar-refractivity contribution is 5.81. The van der Waals surface area contributed by atoms with Gasteiger partial charge in [-0.1, -0.05) is 38.5 Å². The monoisotopic (exact) mass is 249 g/mol. The molecule has 0 unspecified atom stereocenters. The van der Waals surface area contributed by atoms with Crippen LogP contribution in [0.4, 0.5) is 0 Å². The predicted molar refractivity (Wildman–Crippen MR) is 73.7 cm³/mol. The first-order valence-electron chi connectivity index (χ1n) is 6.29. The molecular weight excluding hydrogens is 226 g/mol. The van der Waals surface area contributed by atoms with Crippen molar-refractivity contribution in [3.63, 3.8) is 0 Å². The molecule has 1 aromatic carbocycles. The molecule has 18 heavy (non-hydrogen) atoms. The van der Waals surface area contributed by atoms with Gasteiger partial charge in [0.05, 0.1) is 6.04 Å². The van der Waals surface area contributed by atoms with Gasteiger partial charge < -0.3 is 10.1 Å². The molecule has 0 saturated heterocycles. The molecule has 0 aromatic heterocycles. The van der Waals surface area contributed by atoms with Crippen molar-refractivity contribution in [2.45, 2.75) is 40.7 Å². The van der Waals surface area contributed by atoms with Crippen molar-refractivity contribution in [2.75, 3.05) is 6.61 Å². The molecule has 3 heteroatoms. The zero-order valence-corrected chi connectivity index (χ0v) is 11.9. The largest absolute Gasteiger partial charge is 0.491 e. The fourth-order valence-electron chi connectivity index (χ4n) is 1.34. The molecule has 0 aliphatic carbocycles. The van der Waals surface area contributed by atoms with E-state index in [1.807, 2.05) is 58.9 Å². The molecule has 0 fully saturated rings. The standard InChI is InChI=1S/C15H23NO2/c1-11-6-8-13(9-7-11)18-10-12(2)16-14(17)15(3,4)5/h6-9,12H,10H2,1-5H3,(H,16,17)/t12-/m1/s1. The van der Waals surface area contributed by atoms with Crippen molar-refractivity contribution >= 4 is 5.91 Å². The normalized spacial score (nSPS) is 12.9. The minimum absolute atomic E-state index is 0.00183. The summed E-state index contributed by atoms with van der Waals surface area (Å²) in [5.74, 6) is 0.875. The predicted octanol–water partition coefficient (Wildman–Crippen LogP) is 2.92. The number of hydrogen-bond acceptors (Lipinski definition) is 2. The third-order valence-electron chi connectivity index (χ3n) is 2.58. The van der Waals surface area contributed by atoms with Crippen LogP contribution in [0.25, 0.3) is 0 Å². The second-order valence-electron chi connectivity index (χ2n) is 5.75. The molecule has 1 amide bonds. The van der Waals surface area contributed by atoms with Gasteiger partial charge in [-0.3, -0.25) is 4.79 Å². The molecule has 3 nitrogen and oxygen atoms in total. The fourth-order valence-corrected chi connectivity index (χ4v) is 1.34. The minimum atomic E-state index is -0.363. The van der Waals surface area contributed by atoms with Gasteiger partial charge in [0.25, 0.3) is 0 Å². The van der Waals surface area contributed by atoms with Crippen molar-refractivity contribution < 1.29 is 9.53 Å². The summed E-state index contributed by atoms with van der Waals surface area (Å²) < 4.78 is 5.62. The molecule has 0 aliphatic rings. The Balaban J connectivity index is 2.40. The topological polar surface area (TPSA) is 38.3 Å². The minimum Gasteiger partial charge on any atom is -0.491 e. The highest BCUT2D eigenvalue weighted by Gasteiger charge is 2.22. The third-order valence-corrected chi connectivity index (χ3v) is 2.58. The number of benzene rings is 1. The first kappa shape index (κ1) is 14.6. The average molecular weight is 249 g/mol. The quantitative estimate of drug-likeness (QED) is 0.891. The molecule has 1 atom stereocenters. The van der Waals surface area contributed by atoms with E-state index in [9.17, 15) is 4.79 Å². The Kier molecular flexibility index (Phi) is 4.76. The lowest BCUT2D eigenvalue weighted by Gasteiger charge is -2.22. The summed E-state index contributed by atoms with van der Waals surface area (Å²) in [5.41, 5.74) is 0.842. The van der Waals surface area contributed by atoms with Crippen LogP contribution in [0, 0.1) is 12.3 Å². The van der Waals surface area contributed by atoms with Crippen LogP contribution in [0.5, 0.6) is 5.75 Å². The maximum atomic E-state index is 11.8. The Morgan fingerprint density at radius 3 is 2.33 bits per heavy atom. The summed E-state index contributed by atoms with van der Waals surface area (Å²) >= 11 is 0. The summed E-state index contributed by atoms with van der Waals surface area (Å²) in [5, 5.41) is 2.94. The summed E-state index contributed by atoms with van der Waals surface area (Å²) in [6.45, 7) is 10.2. The zero-order chi connectivity index (χ0) is 13.8. The van der Waals surface area contributed by atoms with Gasteiger partial charge in [-0.2, -0.15) is 0 Å². The summed E-state index contributed by atoms with van der Waals surface area (Å²) in [7, 11) is 0. The van der Waals surface area contributed by atoms with Crippen molar-refractivity contribution in [1.82, 2.24) is 5.32 Å². The van der Waals surface area contributed by atoms with Crippen LogP contribution in [-0.4, -0.2) is 18.6 Å². The van der Waals surface area contributed by atoms with Gasteiger partial charge in [-0.15, -0.1) is 0 Å². The van der Waals surface area contributed by atoms with Crippen LogP contribution in [0.15, 0.2) is 24.3 Å². The number of nitrogens with one attached hydrogen (secondary N) is 1. The van der Waals surface area contributed by atoms with Gasteiger partial charge in [0.15, 0.2) is 0 Å². The summed E-state index contributed by atoms with van der Waals surface area (Å²) in [6, 6.07) is 7.89. The highest BCUT2D eigenvalue weighted by Crippen LogP contribution is 2.14. The second-order valence-corrected chi connectivity index (χ2v) is 5.75. The highest BCUT2D eigenvalue weighted by atomic mass is 16.5. The number of amides is 1. The fraction of sp³-hybridized carbons (Fsp3) is 0.533. The van der Waals surface area contributed by atoms with E-state index in [1.54, 1.807) is 0 Å². The Bertz CT molecular complexity index is 390. The van der Waals surface area contributed by atoms with E-state index in [0.717, 1.165) is 5.75 Å². The lowest BCUT2D eigenvalue weighted by molar-refractivity contribution is -0.129. The number of rotatable bonds is 4. The average Bonchev–Trinajstić information content (AvgIpc) is 2.27. The number of hydrogen-bond donors (Lipinski definition) is 1. The van der Waals surface area contributed by atoms with Gasteiger partial charge in [-0.25, -0.2) is 0 Å². The van der Waals surface area contributed by atoms with E-state index in [2.05, 4.69) is 5.32 Å². The lowest BCUT2D eigenvalue weighted by atomic mass is 9.95. The Hall–Kier alpha value is -1.51. The number of ether oxygens (including phenoxy) is 1. The molecule has 0 heterocycles. The molecule has 0 radical (unpaired) electrons. The van der Waals surface area contributed by atoms with E-state index < -0.39 is 0 Å². The molecular formula is C15H23NO2. The molecule has 100 valence electrons. The Morgan fingerprint density at radius 2 is 1.83 bits per heavy atom. The second kappa shape index (κ2) is 5.89. The first-order valence-corrected chi connectivity index (χ1v) is 6.29. The smallest absolute Gasteiger partial charge is 0.225 e. The number of carbonyl (C=O) groups is 1. The van der Waals surface area contributed by atoms with E-state index >= 15 is 0 Å². The van der Waals surface area contributed by atoms with Gasteiger partial charge in [0, 0.05) is 5.41 Å². The van der Waals surface area contributed by atoms with Gasteiger partial charge in [0.1, 0.15) is 12.4 Å². The van der Waals surface area contributed by atoms with E-state index in [-0.39, 0.29) is 17.4 Å². The van der Waals surface area contributed by atoms with Gasteiger partial charge in [0.2, 0.25) is 5.91 Å². The van der Waals surface area contributed by atoms with Crippen LogP contribution < -0.4 is 10.1 Å². The van der Waals surface area contributed by atoms with E-state index in [1.165, 1.54) is 5.56 Å². The van der Waals surface area contributed by atoms with Crippen LogP contribution in [0.3, 0.4) is 0 Å². The van der Waals surface area contributed by atoms with Crippen molar-refractivity contribution in [3.05, 3.63) is 29.8 Å². The summed E-state index contributed by atoms with van der Waals surface area (Å²) in [6.07, 6.45) is 0.